The Kier molecular flexibility index (Phi) is 5.45. The smallest absolute Gasteiger partial charge is 0.342 e. The average Bonchev–Trinajstić information content (AvgIpc) is 3.56. The lowest BCUT2D eigenvalue weighted by Gasteiger charge is -2.66. The minimum Gasteiger partial charge on any atom is -0.486 e. The fraction of sp³-hybridized carbons (Fsp3) is 0.655. The Bertz CT molecular complexity index is 1330. The molecule has 1 aromatic heterocycles. The number of carbonyl (C=O) groups excluding carboxylic acids is 4. The van der Waals surface area contributed by atoms with Crippen LogP contribution in [0.4, 0.5) is 0 Å². The second-order valence-electron chi connectivity index (χ2n) is 12.5. The molecule has 6 aliphatic rings. The van der Waals surface area contributed by atoms with Crippen molar-refractivity contribution in [1.29, 1.82) is 0 Å². The molecule has 1 spiro atoms. The summed E-state index contributed by atoms with van der Waals surface area (Å²) < 4.78 is 41.6. The first-order valence-electron chi connectivity index (χ1n) is 13.5. The number of rotatable bonds is 5. The number of hydrogen-bond donors (Lipinski definition) is 0. The van der Waals surface area contributed by atoms with E-state index in [1.165, 1.54) is 32.6 Å². The molecule has 1 aromatic rings. The molecule has 6 heterocycles. The van der Waals surface area contributed by atoms with Gasteiger partial charge in [0.1, 0.15) is 22.9 Å². The lowest BCUT2D eigenvalue weighted by Crippen LogP contribution is -2.82. The molecule has 11 heteroatoms. The van der Waals surface area contributed by atoms with Gasteiger partial charge in [-0.1, -0.05) is 6.92 Å². The van der Waals surface area contributed by atoms with Crippen LogP contribution >= 0.6 is 0 Å². The van der Waals surface area contributed by atoms with Crippen LogP contribution in [0.1, 0.15) is 66.1 Å². The van der Waals surface area contributed by atoms with Crippen LogP contribution in [0.5, 0.6) is 0 Å². The number of furan rings is 1. The van der Waals surface area contributed by atoms with Crippen molar-refractivity contribution >= 4 is 23.9 Å². The van der Waals surface area contributed by atoms with Gasteiger partial charge in [0.25, 0.3) is 0 Å². The number of methoxy groups -OCH3 is 1. The Morgan fingerprint density at radius 2 is 1.82 bits per heavy atom. The second kappa shape index (κ2) is 8.11. The van der Waals surface area contributed by atoms with Gasteiger partial charge in [-0.2, -0.15) is 0 Å². The van der Waals surface area contributed by atoms with Crippen molar-refractivity contribution in [1.82, 2.24) is 0 Å². The summed E-state index contributed by atoms with van der Waals surface area (Å²) in [6.07, 6.45) is 3.87. The molecule has 40 heavy (non-hydrogen) atoms. The van der Waals surface area contributed by atoms with Gasteiger partial charge in [-0.3, -0.25) is 9.59 Å². The van der Waals surface area contributed by atoms with Crippen LogP contribution < -0.4 is 0 Å². The summed E-state index contributed by atoms with van der Waals surface area (Å²) in [6, 6.07) is 1.70. The minimum absolute atomic E-state index is 0.125. The molecule has 7 rings (SSSR count). The van der Waals surface area contributed by atoms with Crippen LogP contribution in [-0.4, -0.2) is 53.6 Å². The molecule has 9 atom stereocenters. The van der Waals surface area contributed by atoms with Crippen molar-refractivity contribution in [2.45, 2.75) is 83.1 Å². The number of fused-ring (bicyclic) bond motifs is 2. The number of ether oxygens (including phenoxy) is 6. The maximum Gasteiger partial charge on any atom is 0.342 e. The third kappa shape index (κ3) is 3.04. The van der Waals surface area contributed by atoms with E-state index in [1.807, 2.05) is 6.92 Å². The van der Waals surface area contributed by atoms with Crippen LogP contribution in [0.2, 0.25) is 0 Å². The predicted octanol–water partition coefficient (Wildman–Crippen LogP) is 3.37. The van der Waals surface area contributed by atoms with Crippen molar-refractivity contribution in [2.75, 3.05) is 7.11 Å². The largest absolute Gasteiger partial charge is 0.486 e. The van der Waals surface area contributed by atoms with Crippen LogP contribution in [0.15, 0.2) is 34.8 Å². The highest BCUT2D eigenvalue weighted by Gasteiger charge is 2.91. The van der Waals surface area contributed by atoms with Gasteiger partial charge in [-0.25, -0.2) is 9.59 Å². The van der Waals surface area contributed by atoms with Gasteiger partial charge < -0.3 is 32.8 Å². The molecule has 216 valence electrons. The van der Waals surface area contributed by atoms with E-state index in [-0.39, 0.29) is 6.42 Å². The monoisotopic (exact) mass is 558 g/mol. The Morgan fingerprint density at radius 3 is 2.45 bits per heavy atom. The summed E-state index contributed by atoms with van der Waals surface area (Å²) in [5.74, 6) is -5.69. The molecule has 11 nitrogen and oxygen atoms in total. The van der Waals surface area contributed by atoms with E-state index >= 15 is 0 Å². The van der Waals surface area contributed by atoms with Gasteiger partial charge in [-0.05, 0) is 33.3 Å². The summed E-state index contributed by atoms with van der Waals surface area (Å²) in [5, 5.41) is 0. The summed E-state index contributed by atoms with van der Waals surface area (Å²) in [5.41, 5.74) is -5.23. The average molecular weight is 559 g/mol. The van der Waals surface area contributed by atoms with Crippen LogP contribution in [0.3, 0.4) is 0 Å². The highest BCUT2D eigenvalue weighted by Crippen LogP contribution is 2.76. The lowest BCUT2D eigenvalue weighted by molar-refractivity contribution is -0.395. The Labute approximate surface area is 231 Å². The van der Waals surface area contributed by atoms with Gasteiger partial charge in [0.05, 0.1) is 31.6 Å². The molecule has 1 saturated carbocycles. The highest BCUT2D eigenvalue weighted by molar-refractivity contribution is 5.91. The number of cyclic esters (lactones) is 1. The summed E-state index contributed by atoms with van der Waals surface area (Å²) in [7, 11) is 1.25. The molecule has 0 N–H and O–H groups in total. The SMILES string of the molecule is COC(=O)[C@@]12O[C@]3(C)OC(=O)[C@@](C)([C@@H]3C[C@@H]1[C@@H](C)[C@@H](OC(C)=O)c1ccoc1)[C@]21C[C@@H]2C(=CC(=O)OC2(C)C)O1. The van der Waals surface area contributed by atoms with Gasteiger partial charge in [0, 0.05) is 43.6 Å². The van der Waals surface area contributed by atoms with E-state index in [0.29, 0.717) is 17.7 Å². The van der Waals surface area contributed by atoms with E-state index in [0.717, 1.165) is 0 Å². The molecule has 5 aliphatic heterocycles. The first kappa shape index (κ1) is 26.9. The van der Waals surface area contributed by atoms with E-state index in [4.69, 9.17) is 32.8 Å². The summed E-state index contributed by atoms with van der Waals surface area (Å²) in [4.78, 5) is 52.8. The van der Waals surface area contributed by atoms with Gasteiger partial charge in [0.2, 0.25) is 11.4 Å². The number of hydrogen-bond acceptors (Lipinski definition) is 11. The maximum absolute atomic E-state index is 14.3. The van der Waals surface area contributed by atoms with E-state index in [2.05, 4.69) is 0 Å². The van der Waals surface area contributed by atoms with Crippen LogP contribution in [-0.2, 0) is 47.6 Å². The molecule has 0 radical (unpaired) electrons. The fourth-order valence-corrected chi connectivity index (χ4v) is 8.44. The number of esters is 4. The Morgan fingerprint density at radius 1 is 1.10 bits per heavy atom. The third-order valence-corrected chi connectivity index (χ3v) is 10.2. The van der Waals surface area contributed by atoms with Gasteiger partial charge >= 0.3 is 23.9 Å². The van der Waals surface area contributed by atoms with Crippen molar-refractivity contribution in [3.63, 3.8) is 0 Å². The molecule has 0 unspecified atom stereocenters. The zero-order valence-corrected chi connectivity index (χ0v) is 23.6. The quantitative estimate of drug-likeness (QED) is 0.388. The van der Waals surface area contributed by atoms with Crippen LogP contribution in [0.25, 0.3) is 0 Å². The lowest BCUT2D eigenvalue weighted by atomic mass is 9.43. The molecular formula is C29H34O11. The normalized spacial score (nSPS) is 41.8. The van der Waals surface area contributed by atoms with Gasteiger partial charge in [-0.15, -0.1) is 0 Å². The topological polar surface area (TPSA) is 137 Å². The predicted molar refractivity (Wildman–Crippen MR) is 133 cm³/mol. The number of carbonyl (C=O) groups is 4. The maximum atomic E-state index is 14.3. The van der Waals surface area contributed by atoms with Crippen molar-refractivity contribution in [3.05, 3.63) is 36.0 Å². The van der Waals surface area contributed by atoms with Gasteiger partial charge in [0.15, 0.2) is 5.60 Å². The summed E-state index contributed by atoms with van der Waals surface area (Å²) in [6.45, 7) is 10.1. The first-order chi connectivity index (χ1) is 18.7. The standard InChI is InChI=1S/C29H34O11/c1-14(22(36-15(2)30)16-8-9-35-13-16)17-10-20-26(5)23(32)39-27(20,6)40-29(17,24(33)34-7)28(26)12-18-19(37-28)11-21(31)38-25(18,3)4/h8-9,11,13-14,17-18,20,22H,10,12H2,1-7H3/t14-,17-,18-,20+,22-,26-,27+,28-,29+/m1/s1. The fourth-order valence-electron chi connectivity index (χ4n) is 8.44. The first-order valence-corrected chi connectivity index (χ1v) is 13.5. The molecule has 4 bridgehead atoms. The molecule has 0 aromatic carbocycles. The zero-order valence-electron chi connectivity index (χ0n) is 23.6. The van der Waals surface area contributed by atoms with Crippen LogP contribution in [0, 0.1) is 29.1 Å². The summed E-state index contributed by atoms with van der Waals surface area (Å²) >= 11 is 0. The Hall–Kier alpha value is -3.34. The van der Waals surface area contributed by atoms with E-state index in [9.17, 15) is 19.2 Å². The minimum atomic E-state index is -1.88. The Balaban J connectivity index is 1.58. The molecular weight excluding hydrogens is 524 g/mol. The van der Waals surface area contributed by atoms with Crippen molar-refractivity contribution < 1.29 is 52.0 Å². The third-order valence-electron chi connectivity index (χ3n) is 10.2. The second-order valence-corrected chi connectivity index (χ2v) is 12.5. The molecule has 5 fully saturated rings. The highest BCUT2D eigenvalue weighted by atomic mass is 16.8. The van der Waals surface area contributed by atoms with E-state index in [1.54, 1.807) is 33.8 Å². The molecule has 1 aliphatic carbocycles. The van der Waals surface area contributed by atoms with E-state index < -0.39 is 81.7 Å². The molecule has 0 amide bonds. The molecule has 4 saturated heterocycles. The zero-order chi connectivity index (χ0) is 29.0. The van der Waals surface area contributed by atoms with Crippen molar-refractivity contribution in [3.8, 4) is 0 Å². The van der Waals surface area contributed by atoms with Crippen molar-refractivity contribution in [2.24, 2.45) is 29.1 Å².